The third kappa shape index (κ3) is 4.42. The van der Waals surface area contributed by atoms with Crippen molar-refractivity contribution in [1.82, 2.24) is 25.3 Å². The van der Waals surface area contributed by atoms with Crippen LogP contribution in [0.2, 0.25) is 0 Å². The Labute approximate surface area is 192 Å². The predicted molar refractivity (Wildman–Crippen MR) is 131 cm³/mol. The summed E-state index contributed by atoms with van der Waals surface area (Å²) in [5.74, 6) is 3.26. The fourth-order valence-corrected chi connectivity index (χ4v) is 4.33. The highest BCUT2D eigenvalue weighted by molar-refractivity contribution is 5.95. The molecule has 3 aromatic heterocycles. The van der Waals surface area contributed by atoms with Gasteiger partial charge in [0.15, 0.2) is 5.82 Å². The SMILES string of the molecule is CNc1nc(-c2ccnc(Nc3cccc(C4CCNCC4)c3)c2)nc2cncc(OC)c12. The van der Waals surface area contributed by atoms with Crippen molar-refractivity contribution >= 4 is 28.2 Å². The number of nitrogens with one attached hydrogen (secondary N) is 3. The van der Waals surface area contributed by atoms with Gasteiger partial charge >= 0.3 is 0 Å². The Morgan fingerprint density at radius 1 is 1.06 bits per heavy atom. The maximum atomic E-state index is 5.45. The lowest BCUT2D eigenvalue weighted by atomic mass is 9.90. The number of anilines is 3. The normalized spacial score (nSPS) is 14.2. The summed E-state index contributed by atoms with van der Waals surface area (Å²) in [6.45, 7) is 2.15. The van der Waals surface area contributed by atoms with Crippen LogP contribution in [0.15, 0.2) is 55.0 Å². The summed E-state index contributed by atoms with van der Waals surface area (Å²) >= 11 is 0. The van der Waals surface area contributed by atoms with Crippen LogP contribution in [-0.2, 0) is 0 Å². The minimum Gasteiger partial charge on any atom is -0.494 e. The van der Waals surface area contributed by atoms with Crippen LogP contribution in [0, 0.1) is 0 Å². The standard InChI is InChI=1S/C25H27N7O/c1-26-25-23-20(14-28-15-21(23)33-2)31-24(32-25)18-8-11-29-22(13-18)30-19-5-3-4-17(12-19)16-6-9-27-10-7-16/h3-5,8,11-16,27H,6-7,9-10H2,1-2H3,(H,29,30)(H,26,31,32). The quantitative estimate of drug-likeness (QED) is 0.406. The molecule has 0 saturated carbocycles. The molecule has 0 amide bonds. The van der Waals surface area contributed by atoms with Crippen molar-refractivity contribution < 1.29 is 4.74 Å². The van der Waals surface area contributed by atoms with Gasteiger partial charge in [-0.2, -0.15) is 0 Å². The van der Waals surface area contributed by atoms with Gasteiger partial charge in [0.05, 0.1) is 30.4 Å². The average Bonchev–Trinajstić information content (AvgIpc) is 2.88. The molecule has 1 aromatic carbocycles. The highest BCUT2D eigenvalue weighted by Crippen LogP contribution is 2.32. The van der Waals surface area contributed by atoms with E-state index in [2.05, 4.69) is 50.2 Å². The largest absolute Gasteiger partial charge is 0.494 e. The summed E-state index contributed by atoms with van der Waals surface area (Å²) in [4.78, 5) is 18.2. The first-order chi connectivity index (χ1) is 16.2. The summed E-state index contributed by atoms with van der Waals surface area (Å²) in [5.41, 5.74) is 3.98. The lowest BCUT2D eigenvalue weighted by molar-refractivity contribution is 0.418. The van der Waals surface area contributed by atoms with E-state index < -0.39 is 0 Å². The second kappa shape index (κ2) is 9.38. The number of benzene rings is 1. The third-order valence-electron chi connectivity index (χ3n) is 6.02. The molecule has 4 aromatic rings. The van der Waals surface area contributed by atoms with Gasteiger partial charge in [-0.3, -0.25) is 4.98 Å². The number of fused-ring (bicyclic) bond motifs is 1. The molecule has 0 aliphatic carbocycles. The molecule has 4 heterocycles. The van der Waals surface area contributed by atoms with Crippen molar-refractivity contribution in [2.45, 2.75) is 18.8 Å². The first-order valence-electron chi connectivity index (χ1n) is 11.2. The van der Waals surface area contributed by atoms with Gasteiger partial charge in [-0.15, -0.1) is 0 Å². The van der Waals surface area contributed by atoms with Crippen molar-refractivity contribution in [3.8, 4) is 17.1 Å². The van der Waals surface area contributed by atoms with Gasteiger partial charge in [0.25, 0.3) is 0 Å². The zero-order valence-corrected chi connectivity index (χ0v) is 18.8. The van der Waals surface area contributed by atoms with E-state index in [0.29, 0.717) is 28.8 Å². The van der Waals surface area contributed by atoms with Gasteiger partial charge in [-0.1, -0.05) is 12.1 Å². The smallest absolute Gasteiger partial charge is 0.162 e. The molecule has 0 spiro atoms. The van der Waals surface area contributed by atoms with E-state index in [-0.39, 0.29) is 0 Å². The summed E-state index contributed by atoms with van der Waals surface area (Å²) < 4.78 is 5.45. The zero-order chi connectivity index (χ0) is 22.6. The summed E-state index contributed by atoms with van der Waals surface area (Å²) in [5, 5.41) is 10.8. The summed E-state index contributed by atoms with van der Waals surface area (Å²) in [7, 11) is 3.45. The molecule has 168 valence electrons. The first-order valence-corrected chi connectivity index (χ1v) is 11.2. The van der Waals surface area contributed by atoms with Gasteiger partial charge in [0.1, 0.15) is 17.4 Å². The molecule has 33 heavy (non-hydrogen) atoms. The van der Waals surface area contributed by atoms with Crippen molar-refractivity contribution in [3.05, 3.63) is 60.6 Å². The Balaban J connectivity index is 1.45. The van der Waals surface area contributed by atoms with Crippen LogP contribution in [-0.4, -0.2) is 47.2 Å². The molecule has 1 aliphatic heterocycles. The van der Waals surface area contributed by atoms with Gasteiger partial charge < -0.3 is 20.7 Å². The van der Waals surface area contributed by atoms with Crippen molar-refractivity contribution in [3.63, 3.8) is 0 Å². The lowest BCUT2D eigenvalue weighted by Gasteiger charge is -2.23. The molecule has 0 atom stereocenters. The molecular formula is C25H27N7O. The lowest BCUT2D eigenvalue weighted by Crippen LogP contribution is -2.26. The highest BCUT2D eigenvalue weighted by atomic mass is 16.5. The fraction of sp³-hybridized carbons (Fsp3) is 0.280. The molecule has 3 N–H and O–H groups in total. The number of ether oxygens (including phenoxy) is 1. The number of hydrogen-bond acceptors (Lipinski definition) is 8. The Morgan fingerprint density at radius 3 is 2.76 bits per heavy atom. The zero-order valence-electron chi connectivity index (χ0n) is 18.8. The van der Waals surface area contributed by atoms with E-state index in [1.54, 1.807) is 25.7 Å². The van der Waals surface area contributed by atoms with Crippen LogP contribution in [0.4, 0.5) is 17.3 Å². The van der Waals surface area contributed by atoms with E-state index in [0.717, 1.165) is 35.5 Å². The van der Waals surface area contributed by atoms with Crippen molar-refractivity contribution in [1.29, 1.82) is 0 Å². The molecule has 1 aliphatic rings. The van der Waals surface area contributed by atoms with Crippen molar-refractivity contribution in [2.75, 3.05) is 37.9 Å². The van der Waals surface area contributed by atoms with Crippen LogP contribution in [0.1, 0.15) is 24.3 Å². The number of piperidine rings is 1. The number of nitrogens with zero attached hydrogens (tertiary/aromatic N) is 4. The fourth-order valence-electron chi connectivity index (χ4n) is 4.33. The van der Waals surface area contributed by atoms with E-state index >= 15 is 0 Å². The average molecular weight is 442 g/mol. The Kier molecular flexibility index (Phi) is 5.99. The number of hydrogen-bond donors (Lipinski definition) is 3. The summed E-state index contributed by atoms with van der Waals surface area (Å²) in [6.07, 6.45) is 7.49. The number of pyridine rings is 2. The van der Waals surface area contributed by atoms with E-state index in [1.165, 1.54) is 18.4 Å². The Hall–Kier alpha value is -3.78. The number of methoxy groups -OCH3 is 1. The molecule has 5 rings (SSSR count). The van der Waals surface area contributed by atoms with Crippen LogP contribution in [0.5, 0.6) is 5.75 Å². The van der Waals surface area contributed by atoms with Crippen LogP contribution in [0.3, 0.4) is 0 Å². The molecule has 8 nitrogen and oxygen atoms in total. The molecule has 0 bridgehead atoms. The monoisotopic (exact) mass is 441 g/mol. The van der Waals surface area contributed by atoms with Crippen LogP contribution < -0.4 is 20.7 Å². The van der Waals surface area contributed by atoms with E-state index in [4.69, 9.17) is 14.7 Å². The van der Waals surface area contributed by atoms with E-state index in [1.807, 2.05) is 19.2 Å². The second-order valence-electron chi connectivity index (χ2n) is 8.09. The van der Waals surface area contributed by atoms with Crippen LogP contribution >= 0.6 is 0 Å². The minimum absolute atomic E-state index is 0.593. The van der Waals surface area contributed by atoms with Gasteiger partial charge in [0.2, 0.25) is 0 Å². The van der Waals surface area contributed by atoms with Gasteiger partial charge in [-0.25, -0.2) is 15.0 Å². The Bertz CT molecular complexity index is 1270. The molecule has 1 saturated heterocycles. The minimum atomic E-state index is 0.593. The Morgan fingerprint density at radius 2 is 1.94 bits per heavy atom. The highest BCUT2D eigenvalue weighted by Gasteiger charge is 2.16. The first kappa shape index (κ1) is 21.1. The van der Waals surface area contributed by atoms with Crippen molar-refractivity contribution in [2.24, 2.45) is 0 Å². The molecule has 0 radical (unpaired) electrons. The van der Waals surface area contributed by atoms with Crippen LogP contribution in [0.25, 0.3) is 22.3 Å². The molecule has 8 heteroatoms. The summed E-state index contributed by atoms with van der Waals surface area (Å²) in [6, 6.07) is 12.5. The topological polar surface area (TPSA) is 96.9 Å². The number of aromatic nitrogens is 4. The van der Waals surface area contributed by atoms with Gasteiger partial charge in [-0.05, 0) is 61.7 Å². The maximum Gasteiger partial charge on any atom is 0.162 e. The molecular weight excluding hydrogens is 414 g/mol. The van der Waals surface area contributed by atoms with Gasteiger partial charge in [0, 0.05) is 24.5 Å². The number of rotatable bonds is 6. The second-order valence-corrected chi connectivity index (χ2v) is 8.09. The molecule has 0 unspecified atom stereocenters. The third-order valence-corrected chi connectivity index (χ3v) is 6.02. The predicted octanol–water partition coefficient (Wildman–Crippen LogP) is 4.35. The van der Waals surface area contributed by atoms with E-state index in [9.17, 15) is 0 Å². The maximum absolute atomic E-state index is 5.45. The molecule has 1 fully saturated rings.